The van der Waals surface area contributed by atoms with Crippen molar-refractivity contribution in [1.29, 1.82) is 0 Å². The number of carbonyl (C=O) groups is 2. The van der Waals surface area contributed by atoms with Gasteiger partial charge in [0, 0.05) is 43.5 Å². The molecular weight excluding hydrogens is 373 g/mol. The monoisotopic (exact) mass is 392 g/mol. The normalized spacial score (nSPS) is 16.7. The van der Waals surface area contributed by atoms with Gasteiger partial charge in [-0.15, -0.1) is 0 Å². The number of carbonyl (C=O) groups excluding carboxylic acids is 2. The van der Waals surface area contributed by atoms with Gasteiger partial charge in [-0.1, -0.05) is 0 Å². The summed E-state index contributed by atoms with van der Waals surface area (Å²) in [5, 5.41) is 5.43. The first kappa shape index (κ1) is 19.7. The SMILES string of the molecule is CC(=O)Nc1cc(C(=O)N[C@@H]2CCN(c3ccc(C(F)(F)F)cc3)C2)ccn1. The Bertz CT molecular complexity index is 868. The third-order valence-corrected chi connectivity index (χ3v) is 4.41. The summed E-state index contributed by atoms with van der Waals surface area (Å²) in [7, 11) is 0. The lowest BCUT2D eigenvalue weighted by molar-refractivity contribution is -0.137. The van der Waals surface area contributed by atoms with Gasteiger partial charge in [0.15, 0.2) is 0 Å². The van der Waals surface area contributed by atoms with E-state index in [9.17, 15) is 22.8 Å². The van der Waals surface area contributed by atoms with Crippen LogP contribution in [0.3, 0.4) is 0 Å². The van der Waals surface area contributed by atoms with Crippen LogP contribution in [0.15, 0.2) is 42.6 Å². The number of nitrogens with zero attached hydrogens (tertiary/aromatic N) is 2. The Morgan fingerprint density at radius 3 is 2.54 bits per heavy atom. The maximum atomic E-state index is 12.7. The highest BCUT2D eigenvalue weighted by Crippen LogP contribution is 2.31. The van der Waals surface area contributed by atoms with Crippen molar-refractivity contribution < 1.29 is 22.8 Å². The van der Waals surface area contributed by atoms with Gasteiger partial charge < -0.3 is 15.5 Å². The zero-order chi connectivity index (χ0) is 20.3. The van der Waals surface area contributed by atoms with Crippen LogP contribution in [0.4, 0.5) is 24.7 Å². The van der Waals surface area contributed by atoms with E-state index in [0.717, 1.165) is 12.1 Å². The molecule has 2 N–H and O–H groups in total. The summed E-state index contributed by atoms with van der Waals surface area (Å²) in [4.78, 5) is 29.4. The van der Waals surface area contributed by atoms with E-state index in [4.69, 9.17) is 0 Å². The van der Waals surface area contributed by atoms with Crippen molar-refractivity contribution in [3.63, 3.8) is 0 Å². The largest absolute Gasteiger partial charge is 0.416 e. The first-order chi connectivity index (χ1) is 13.2. The third kappa shape index (κ3) is 4.79. The lowest BCUT2D eigenvalue weighted by Gasteiger charge is -2.20. The van der Waals surface area contributed by atoms with Crippen molar-refractivity contribution >= 4 is 23.3 Å². The Labute approximate surface area is 159 Å². The number of hydrogen-bond acceptors (Lipinski definition) is 4. The highest BCUT2D eigenvalue weighted by atomic mass is 19.4. The van der Waals surface area contributed by atoms with Crippen LogP contribution >= 0.6 is 0 Å². The van der Waals surface area contributed by atoms with Gasteiger partial charge in [0.1, 0.15) is 5.82 Å². The number of aromatic nitrogens is 1. The van der Waals surface area contributed by atoms with E-state index in [1.807, 2.05) is 4.90 Å². The average Bonchev–Trinajstić information content (AvgIpc) is 3.09. The average molecular weight is 392 g/mol. The lowest BCUT2D eigenvalue weighted by Crippen LogP contribution is -2.37. The van der Waals surface area contributed by atoms with Crippen LogP contribution in [-0.4, -0.2) is 35.9 Å². The van der Waals surface area contributed by atoms with Crippen LogP contribution in [0.2, 0.25) is 0 Å². The van der Waals surface area contributed by atoms with Gasteiger partial charge in [0.2, 0.25) is 5.91 Å². The number of nitrogens with one attached hydrogen (secondary N) is 2. The predicted molar refractivity (Wildman–Crippen MR) is 98.1 cm³/mol. The fourth-order valence-electron chi connectivity index (χ4n) is 3.06. The lowest BCUT2D eigenvalue weighted by atomic mass is 10.2. The molecule has 3 rings (SSSR count). The van der Waals surface area contributed by atoms with Crippen molar-refractivity contribution in [3.8, 4) is 0 Å². The maximum absolute atomic E-state index is 12.7. The maximum Gasteiger partial charge on any atom is 0.416 e. The van der Waals surface area contributed by atoms with E-state index in [-0.39, 0.29) is 23.7 Å². The minimum Gasteiger partial charge on any atom is -0.369 e. The Hall–Kier alpha value is -3.10. The van der Waals surface area contributed by atoms with Gasteiger partial charge in [0.05, 0.1) is 5.56 Å². The van der Waals surface area contributed by atoms with E-state index < -0.39 is 11.7 Å². The summed E-state index contributed by atoms with van der Waals surface area (Å²) < 4.78 is 38.0. The van der Waals surface area contributed by atoms with Crippen molar-refractivity contribution in [3.05, 3.63) is 53.7 Å². The molecule has 0 bridgehead atoms. The van der Waals surface area contributed by atoms with E-state index in [2.05, 4.69) is 15.6 Å². The Morgan fingerprint density at radius 2 is 1.89 bits per heavy atom. The van der Waals surface area contributed by atoms with Crippen molar-refractivity contribution in [2.45, 2.75) is 25.6 Å². The molecule has 0 radical (unpaired) electrons. The van der Waals surface area contributed by atoms with Gasteiger partial charge in [-0.3, -0.25) is 9.59 Å². The second kappa shape index (κ2) is 7.87. The predicted octanol–water partition coefficient (Wildman–Crippen LogP) is 3.07. The summed E-state index contributed by atoms with van der Waals surface area (Å²) in [6.07, 6.45) is -2.25. The van der Waals surface area contributed by atoms with E-state index in [1.54, 1.807) is 6.07 Å². The zero-order valence-electron chi connectivity index (χ0n) is 15.1. The molecule has 1 saturated heterocycles. The topological polar surface area (TPSA) is 74.3 Å². The molecule has 148 valence electrons. The molecule has 0 spiro atoms. The molecule has 0 unspecified atom stereocenters. The smallest absolute Gasteiger partial charge is 0.369 e. The summed E-state index contributed by atoms with van der Waals surface area (Å²) in [5.74, 6) is -0.292. The number of benzene rings is 1. The van der Waals surface area contributed by atoms with Gasteiger partial charge in [-0.2, -0.15) is 13.2 Å². The second-order valence-electron chi connectivity index (χ2n) is 6.56. The standard InChI is InChI=1S/C19H19F3N4O2/c1-12(27)24-17-10-13(6-8-23-17)18(28)25-15-7-9-26(11-15)16-4-2-14(3-5-16)19(20,21)22/h2-6,8,10,15H,7,9,11H2,1H3,(H,25,28)(H,23,24,27)/t15-/m1/s1. The Kier molecular flexibility index (Phi) is 5.53. The number of hydrogen-bond donors (Lipinski definition) is 2. The van der Waals surface area contributed by atoms with Crippen LogP contribution in [0.5, 0.6) is 0 Å². The number of pyridine rings is 1. The Morgan fingerprint density at radius 1 is 1.18 bits per heavy atom. The molecule has 1 atom stereocenters. The fourth-order valence-corrected chi connectivity index (χ4v) is 3.06. The van der Waals surface area contributed by atoms with Crippen LogP contribution in [0.1, 0.15) is 29.3 Å². The molecule has 2 heterocycles. The van der Waals surface area contributed by atoms with Crippen molar-refractivity contribution in [1.82, 2.24) is 10.3 Å². The molecule has 0 aliphatic carbocycles. The van der Waals surface area contributed by atoms with Crippen LogP contribution in [0, 0.1) is 0 Å². The van der Waals surface area contributed by atoms with Gasteiger partial charge >= 0.3 is 6.18 Å². The number of alkyl halides is 3. The highest BCUT2D eigenvalue weighted by molar-refractivity contribution is 5.96. The minimum atomic E-state index is -4.36. The third-order valence-electron chi connectivity index (χ3n) is 4.41. The minimum absolute atomic E-state index is 0.132. The van der Waals surface area contributed by atoms with Gasteiger partial charge in [0.25, 0.3) is 5.91 Å². The van der Waals surface area contributed by atoms with Gasteiger partial charge in [-0.05, 0) is 42.8 Å². The number of rotatable bonds is 4. The first-order valence-electron chi connectivity index (χ1n) is 8.69. The second-order valence-corrected chi connectivity index (χ2v) is 6.56. The molecule has 6 nitrogen and oxygen atoms in total. The number of amides is 2. The zero-order valence-corrected chi connectivity index (χ0v) is 15.1. The molecule has 1 aliphatic rings. The number of halogens is 3. The van der Waals surface area contributed by atoms with E-state index >= 15 is 0 Å². The van der Waals surface area contributed by atoms with Crippen LogP contribution in [-0.2, 0) is 11.0 Å². The summed E-state index contributed by atoms with van der Waals surface area (Å²) in [6.45, 7) is 2.48. The van der Waals surface area contributed by atoms with E-state index in [1.165, 1.54) is 31.3 Å². The molecule has 2 amide bonds. The summed E-state index contributed by atoms with van der Waals surface area (Å²) >= 11 is 0. The summed E-state index contributed by atoms with van der Waals surface area (Å²) in [5.41, 5.74) is 0.362. The van der Waals surface area contributed by atoms with Crippen LogP contribution < -0.4 is 15.5 Å². The summed E-state index contributed by atoms with van der Waals surface area (Å²) in [6, 6.07) is 7.89. The van der Waals surface area contributed by atoms with Crippen LogP contribution in [0.25, 0.3) is 0 Å². The molecule has 0 saturated carbocycles. The molecule has 1 fully saturated rings. The molecule has 28 heavy (non-hydrogen) atoms. The fraction of sp³-hybridized carbons (Fsp3) is 0.316. The molecule has 1 aromatic carbocycles. The van der Waals surface area contributed by atoms with Gasteiger partial charge in [-0.25, -0.2) is 4.98 Å². The molecule has 1 aromatic heterocycles. The quantitative estimate of drug-likeness (QED) is 0.839. The number of anilines is 2. The van der Waals surface area contributed by atoms with Crippen molar-refractivity contribution in [2.24, 2.45) is 0 Å². The molecule has 1 aliphatic heterocycles. The van der Waals surface area contributed by atoms with E-state index in [0.29, 0.717) is 30.8 Å². The molecule has 2 aromatic rings. The molecular formula is C19H19F3N4O2. The van der Waals surface area contributed by atoms with Crippen molar-refractivity contribution in [2.75, 3.05) is 23.3 Å². The first-order valence-corrected chi connectivity index (χ1v) is 8.69. The highest BCUT2D eigenvalue weighted by Gasteiger charge is 2.31. The Balaban J connectivity index is 1.60. The molecule has 9 heteroatoms.